The number of rotatable bonds is 6. The van der Waals surface area contributed by atoms with Gasteiger partial charge in [-0.3, -0.25) is 4.79 Å². The molecule has 6 nitrogen and oxygen atoms in total. The van der Waals surface area contributed by atoms with E-state index in [0.29, 0.717) is 11.3 Å². The molecule has 0 heterocycles. The maximum atomic E-state index is 13.6. The molecule has 27 heavy (non-hydrogen) atoms. The third-order valence-corrected chi connectivity index (χ3v) is 3.56. The molecular weight excluding hydrogens is 377 g/mol. The lowest BCUT2D eigenvalue weighted by atomic mass is 10.2. The summed E-state index contributed by atoms with van der Waals surface area (Å²) in [6, 6.07) is 9.75. The maximum Gasteiger partial charge on any atom is 0.343 e. The van der Waals surface area contributed by atoms with Gasteiger partial charge in [-0.1, -0.05) is 17.7 Å². The molecule has 0 atom stereocenters. The number of carbonyl (C=O) groups is 3. The van der Waals surface area contributed by atoms with Crippen molar-refractivity contribution in [3.05, 3.63) is 64.4 Å². The number of hydrogen-bond donors (Lipinski definition) is 1. The van der Waals surface area contributed by atoms with Crippen molar-refractivity contribution < 1.29 is 28.2 Å². The summed E-state index contributed by atoms with van der Waals surface area (Å²) in [7, 11) is 0. The molecule has 0 spiro atoms. The van der Waals surface area contributed by atoms with E-state index in [1.165, 1.54) is 36.4 Å². The van der Waals surface area contributed by atoms with Crippen LogP contribution in [-0.2, 0) is 14.3 Å². The zero-order chi connectivity index (χ0) is 20.0. The van der Waals surface area contributed by atoms with Gasteiger partial charge < -0.3 is 14.8 Å². The molecule has 0 aliphatic carbocycles. The summed E-state index contributed by atoms with van der Waals surface area (Å²) in [6.07, 6.45) is -0.241. The number of anilines is 1. The highest BCUT2D eigenvalue weighted by Gasteiger charge is 2.18. The van der Waals surface area contributed by atoms with Crippen molar-refractivity contribution in [3.8, 4) is 0 Å². The van der Waals surface area contributed by atoms with E-state index in [1.54, 1.807) is 13.8 Å². The Morgan fingerprint density at radius 2 is 1.74 bits per heavy atom. The Labute approximate surface area is 160 Å². The van der Waals surface area contributed by atoms with E-state index in [9.17, 15) is 18.8 Å². The van der Waals surface area contributed by atoms with Crippen LogP contribution in [0.5, 0.6) is 0 Å². The minimum absolute atomic E-state index is 0.107. The lowest BCUT2D eigenvalue weighted by molar-refractivity contribution is -0.119. The minimum atomic E-state index is -1.04. The molecule has 142 valence electrons. The molecule has 2 rings (SSSR count). The Kier molecular flexibility index (Phi) is 6.90. The van der Waals surface area contributed by atoms with E-state index in [2.05, 4.69) is 5.32 Å². The summed E-state index contributed by atoms with van der Waals surface area (Å²) in [5.74, 6) is -2.98. The highest BCUT2D eigenvalue weighted by Crippen LogP contribution is 2.20. The van der Waals surface area contributed by atoms with Gasteiger partial charge in [0.05, 0.1) is 16.7 Å². The van der Waals surface area contributed by atoms with Gasteiger partial charge in [0.1, 0.15) is 11.4 Å². The maximum absolute atomic E-state index is 13.6. The molecule has 0 unspecified atom stereocenters. The number of carbonyl (C=O) groups excluding carboxylic acids is 3. The van der Waals surface area contributed by atoms with Crippen LogP contribution < -0.4 is 5.32 Å². The summed E-state index contributed by atoms with van der Waals surface area (Å²) in [4.78, 5) is 35.5. The van der Waals surface area contributed by atoms with E-state index in [1.807, 2.05) is 0 Å². The zero-order valence-corrected chi connectivity index (χ0v) is 15.4. The van der Waals surface area contributed by atoms with Crippen molar-refractivity contribution in [3.63, 3.8) is 0 Å². The SMILES string of the molecule is CC(C)OC(=O)c1ccc(NC(=O)COC(=O)c2c(F)cccc2Cl)cc1. The molecule has 1 amide bonds. The Morgan fingerprint density at radius 1 is 1.07 bits per heavy atom. The van der Waals surface area contributed by atoms with Crippen molar-refractivity contribution in [1.82, 2.24) is 0 Å². The van der Waals surface area contributed by atoms with E-state index in [4.69, 9.17) is 21.1 Å². The fraction of sp³-hybridized carbons (Fsp3) is 0.211. The summed E-state index contributed by atoms with van der Waals surface area (Å²) < 4.78 is 23.5. The molecule has 2 aromatic carbocycles. The van der Waals surface area contributed by atoms with Crippen molar-refractivity contribution in [2.24, 2.45) is 0 Å². The van der Waals surface area contributed by atoms with Crippen LogP contribution in [0.2, 0.25) is 5.02 Å². The minimum Gasteiger partial charge on any atom is -0.459 e. The largest absolute Gasteiger partial charge is 0.459 e. The van der Waals surface area contributed by atoms with Crippen LogP contribution in [0.3, 0.4) is 0 Å². The van der Waals surface area contributed by atoms with Crippen LogP contribution in [0.1, 0.15) is 34.6 Å². The normalized spacial score (nSPS) is 10.4. The first-order valence-electron chi connectivity index (χ1n) is 8.00. The highest BCUT2D eigenvalue weighted by atomic mass is 35.5. The second kappa shape index (κ2) is 9.14. The number of amides is 1. The number of ether oxygens (including phenoxy) is 2. The number of esters is 2. The van der Waals surface area contributed by atoms with Crippen molar-refractivity contribution >= 4 is 35.1 Å². The van der Waals surface area contributed by atoms with Gasteiger partial charge in [0, 0.05) is 5.69 Å². The standard InChI is InChI=1S/C19H17ClFNO5/c1-11(2)27-18(24)12-6-8-13(9-7-12)22-16(23)10-26-19(25)17-14(20)4-3-5-15(17)21/h3-9,11H,10H2,1-2H3,(H,22,23). The van der Waals surface area contributed by atoms with E-state index >= 15 is 0 Å². The molecular formula is C19H17ClFNO5. The van der Waals surface area contributed by atoms with Crippen molar-refractivity contribution in [1.29, 1.82) is 0 Å². The smallest absolute Gasteiger partial charge is 0.343 e. The Hall–Kier alpha value is -2.93. The fourth-order valence-electron chi connectivity index (χ4n) is 2.06. The molecule has 2 aromatic rings. The van der Waals surface area contributed by atoms with Gasteiger partial charge in [0.2, 0.25) is 0 Å². The molecule has 0 saturated heterocycles. The van der Waals surface area contributed by atoms with E-state index in [0.717, 1.165) is 6.07 Å². The van der Waals surface area contributed by atoms with Crippen LogP contribution >= 0.6 is 11.6 Å². The van der Waals surface area contributed by atoms with Gasteiger partial charge in [0.15, 0.2) is 6.61 Å². The molecule has 0 aliphatic heterocycles. The van der Waals surface area contributed by atoms with Crippen LogP contribution in [0.25, 0.3) is 0 Å². The first-order chi connectivity index (χ1) is 12.8. The Morgan fingerprint density at radius 3 is 2.33 bits per heavy atom. The van der Waals surface area contributed by atoms with Crippen LogP contribution in [0, 0.1) is 5.82 Å². The molecule has 0 bridgehead atoms. The first-order valence-corrected chi connectivity index (χ1v) is 8.37. The predicted octanol–water partition coefficient (Wildman–Crippen LogP) is 3.84. The predicted molar refractivity (Wildman–Crippen MR) is 97.3 cm³/mol. The molecule has 0 saturated carbocycles. The summed E-state index contributed by atoms with van der Waals surface area (Å²) >= 11 is 5.76. The van der Waals surface area contributed by atoms with Crippen molar-refractivity contribution in [2.75, 3.05) is 11.9 Å². The lowest BCUT2D eigenvalue weighted by Crippen LogP contribution is -2.21. The Bertz CT molecular complexity index is 831. The molecule has 0 aromatic heterocycles. The van der Waals surface area contributed by atoms with Crippen molar-refractivity contribution in [2.45, 2.75) is 20.0 Å². The van der Waals surface area contributed by atoms with Gasteiger partial charge >= 0.3 is 11.9 Å². The quantitative estimate of drug-likeness (QED) is 0.754. The van der Waals surface area contributed by atoms with Crippen LogP contribution in [-0.4, -0.2) is 30.6 Å². The third kappa shape index (κ3) is 5.79. The monoisotopic (exact) mass is 393 g/mol. The summed E-state index contributed by atoms with van der Waals surface area (Å²) in [5.41, 5.74) is 0.295. The fourth-order valence-corrected chi connectivity index (χ4v) is 2.31. The second-order valence-corrected chi connectivity index (χ2v) is 6.16. The van der Waals surface area contributed by atoms with Gasteiger partial charge in [0.25, 0.3) is 5.91 Å². The van der Waals surface area contributed by atoms with Gasteiger partial charge in [-0.15, -0.1) is 0 Å². The average molecular weight is 394 g/mol. The second-order valence-electron chi connectivity index (χ2n) is 5.75. The number of benzene rings is 2. The summed E-state index contributed by atoms with van der Waals surface area (Å²) in [5, 5.41) is 2.38. The van der Waals surface area contributed by atoms with E-state index in [-0.39, 0.29) is 11.1 Å². The lowest BCUT2D eigenvalue weighted by Gasteiger charge is -2.10. The Balaban J connectivity index is 1.90. The summed E-state index contributed by atoms with van der Waals surface area (Å²) in [6.45, 7) is 2.85. The molecule has 0 fully saturated rings. The van der Waals surface area contributed by atoms with Gasteiger partial charge in [-0.25, -0.2) is 14.0 Å². The van der Waals surface area contributed by atoms with Crippen LogP contribution in [0.4, 0.5) is 10.1 Å². The molecule has 0 radical (unpaired) electrons. The van der Waals surface area contributed by atoms with E-state index < -0.39 is 35.8 Å². The highest BCUT2D eigenvalue weighted by molar-refractivity contribution is 6.33. The third-order valence-electron chi connectivity index (χ3n) is 3.25. The molecule has 0 aliphatic rings. The first kappa shape index (κ1) is 20.4. The molecule has 1 N–H and O–H groups in total. The zero-order valence-electron chi connectivity index (χ0n) is 14.6. The number of hydrogen-bond acceptors (Lipinski definition) is 5. The number of halogens is 2. The van der Waals surface area contributed by atoms with Gasteiger partial charge in [-0.2, -0.15) is 0 Å². The van der Waals surface area contributed by atoms with Gasteiger partial charge in [-0.05, 0) is 50.2 Å². The van der Waals surface area contributed by atoms with Crippen LogP contribution in [0.15, 0.2) is 42.5 Å². The topological polar surface area (TPSA) is 81.7 Å². The average Bonchev–Trinajstić information content (AvgIpc) is 2.60. The molecule has 8 heteroatoms. The number of nitrogens with one attached hydrogen (secondary N) is 1.